The van der Waals surface area contributed by atoms with E-state index in [1.807, 2.05) is 13.0 Å². The molecule has 0 bridgehead atoms. The first-order chi connectivity index (χ1) is 12.0. The van der Waals surface area contributed by atoms with Crippen molar-refractivity contribution in [1.82, 2.24) is 4.98 Å². The summed E-state index contributed by atoms with van der Waals surface area (Å²) >= 11 is 0. The molecule has 0 spiro atoms. The minimum Gasteiger partial charge on any atom is -0.475 e. The number of aryl methyl sites for hydroxylation is 2. The third-order valence-electron chi connectivity index (χ3n) is 4.27. The van der Waals surface area contributed by atoms with Crippen LogP contribution >= 0.6 is 0 Å². The number of pyridine rings is 1. The van der Waals surface area contributed by atoms with Crippen LogP contribution in [0.15, 0.2) is 30.3 Å². The van der Waals surface area contributed by atoms with Gasteiger partial charge in [-0.05, 0) is 49.9 Å². The Labute approximate surface area is 150 Å². The molecule has 1 atom stereocenters. The van der Waals surface area contributed by atoms with Crippen molar-refractivity contribution in [3.8, 4) is 17.0 Å². The van der Waals surface area contributed by atoms with Gasteiger partial charge in [0, 0.05) is 30.9 Å². The molecule has 0 radical (unpaired) electrons. The molecule has 1 aromatic carbocycles. The first-order valence-electron chi connectivity index (χ1n) is 8.96. The van der Waals surface area contributed by atoms with Gasteiger partial charge in [0.1, 0.15) is 6.61 Å². The number of hydrogen-bond donors (Lipinski definition) is 1. The van der Waals surface area contributed by atoms with Crippen LogP contribution in [0.4, 0.5) is 0 Å². The van der Waals surface area contributed by atoms with E-state index in [1.165, 1.54) is 16.7 Å². The Balaban J connectivity index is 2.37. The molecule has 25 heavy (non-hydrogen) atoms. The van der Waals surface area contributed by atoms with E-state index in [4.69, 9.17) is 14.6 Å². The maximum absolute atomic E-state index is 9.05. The third-order valence-corrected chi connectivity index (χ3v) is 4.27. The maximum Gasteiger partial charge on any atom is 0.214 e. The van der Waals surface area contributed by atoms with Gasteiger partial charge in [-0.2, -0.15) is 0 Å². The van der Waals surface area contributed by atoms with Crippen LogP contribution < -0.4 is 4.74 Å². The van der Waals surface area contributed by atoms with Gasteiger partial charge in [-0.25, -0.2) is 4.98 Å². The lowest BCUT2D eigenvalue weighted by atomic mass is 9.95. The average Bonchev–Trinajstić information content (AvgIpc) is 2.61. The molecule has 2 aromatic rings. The molecule has 4 nitrogen and oxygen atoms in total. The zero-order valence-electron chi connectivity index (χ0n) is 15.7. The summed E-state index contributed by atoms with van der Waals surface area (Å²) in [5.41, 5.74) is 5.72. The molecule has 136 valence electrons. The number of rotatable bonds is 9. The topological polar surface area (TPSA) is 51.6 Å². The Morgan fingerprint density at radius 2 is 1.92 bits per heavy atom. The summed E-state index contributed by atoms with van der Waals surface area (Å²) in [6, 6.07) is 10.5. The van der Waals surface area contributed by atoms with Crippen molar-refractivity contribution in [3.63, 3.8) is 0 Å². The van der Waals surface area contributed by atoms with Crippen LogP contribution in [0.25, 0.3) is 11.1 Å². The van der Waals surface area contributed by atoms with Gasteiger partial charge in [-0.3, -0.25) is 0 Å². The van der Waals surface area contributed by atoms with Crippen molar-refractivity contribution in [2.24, 2.45) is 0 Å². The van der Waals surface area contributed by atoms with E-state index in [9.17, 15) is 0 Å². The minimum atomic E-state index is -0.0232. The number of ether oxygens (including phenoxy) is 2. The quantitative estimate of drug-likeness (QED) is 0.691. The Morgan fingerprint density at radius 1 is 1.12 bits per heavy atom. The van der Waals surface area contributed by atoms with Crippen molar-refractivity contribution in [3.05, 3.63) is 47.2 Å². The first kappa shape index (κ1) is 19.4. The second-order valence-electron chi connectivity index (χ2n) is 6.40. The van der Waals surface area contributed by atoms with Gasteiger partial charge in [0.05, 0.1) is 6.61 Å². The van der Waals surface area contributed by atoms with Crippen molar-refractivity contribution in [2.75, 3.05) is 26.4 Å². The smallest absolute Gasteiger partial charge is 0.214 e. The summed E-state index contributed by atoms with van der Waals surface area (Å²) < 4.78 is 11.1. The van der Waals surface area contributed by atoms with Gasteiger partial charge >= 0.3 is 0 Å². The fourth-order valence-corrected chi connectivity index (χ4v) is 2.76. The van der Waals surface area contributed by atoms with E-state index in [1.54, 1.807) is 0 Å². The zero-order chi connectivity index (χ0) is 18.2. The standard InChI is InChI=1S/C21H29NO3/c1-5-24-10-8-17(4)20-13-18(14-21(22-20)25-11-9-23)19-12-15(2)6-7-16(19)3/h6-7,12-14,17,23H,5,8-11H2,1-4H3. The van der Waals surface area contributed by atoms with Crippen LogP contribution in [-0.4, -0.2) is 36.5 Å². The van der Waals surface area contributed by atoms with E-state index in [0.717, 1.165) is 30.9 Å². The molecule has 0 fully saturated rings. The lowest BCUT2D eigenvalue weighted by Gasteiger charge is -2.16. The average molecular weight is 343 g/mol. The van der Waals surface area contributed by atoms with Gasteiger partial charge in [0.25, 0.3) is 0 Å². The van der Waals surface area contributed by atoms with E-state index >= 15 is 0 Å². The van der Waals surface area contributed by atoms with E-state index in [0.29, 0.717) is 5.88 Å². The van der Waals surface area contributed by atoms with Gasteiger partial charge < -0.3 is 14.6 Å². The van der Waals surface area contributed by atoms with Gasteiger partial charge in [-0.1, -0.05) is 30.7 Å². The molecule has 0 saturated carbocycles. The number of hydrogen-bond acceptors (Lipinski definition) is 4. The number of aliphatic hydroxyl groups excluding tert-OH is 1. The third kappa shape index (κ3) is 5.55. The predicted octanol–water partition coefficient (Wildman–Crippen LogP) is 4.27. The van der Waals surface area contributed by atoms with E-state index in [2.05, 4.69) is 50.0 Å². The molecule has 2 rings (SSSR count). The number of aromatic nitrogens is 1. The van der Waals surface area contributed by atoms with Crippen LogP contribution in [-0.2, 0) is 4.74 Å². The van der Waals surface area contributed by atoms with Crippen LogP contribution in [0.5, 0.6) is 5.88 Å². The Kier molecular flexibility index (Phi) is 7.41. The molecule has 0 saturated heterocycles. The Hall–Kier alpha value is -1.91. The van der Waals surface area contributed by atoms with Crippen molar-refractivity contribution in [1.29, 1.82) is 0 Å². The van der Waals surface area contributed by atoms with Crippen LogP contribution in [0, 0.1) is 13.8 Å². The van der Waals surface area contributed by atoms with E-state index < -0.39 is 0 Å². The molecule has 1 unspecified atom stereocenters. The van der Waals surface area contributed by atoms with Crippen molar-refractivity contribution >= 4 is 0 Å². The molecular weight excluding hydrogens is 314 g/mol. The second kappa shape index (κ2) is 9.54. The lowest BCUT2D eigenvalue weighted by molar-refractivity contribution is 0.140. The summed E-state index contributed by atoms with van der Waals surface area (Å²) in [5.74, 6) is 0.832. The summed E-state index contributed by atoms with van der Waals surface area (Å²) in [6.45, 7) is 10.0. The molecule has 0 aliphatic rings. The van der Waals surface area contributed by atoms with E-state index in [-0.39, 0.29) is 19.1 Å². The zero-order valence-corrected chi connectivity index (χ0v) is 15.7. The number of aliphatic hydroxyl groups is 1. The summed E-state index contributed by atoms with van der Waals surface area (Å²) in [7, 11) is 0. The molecule has 0 amide bonds. The molecule has 4 heteroatoms. The van der Waals surface area contributed by atoms with Gasteiger partial charge in [0.2, 0.25) is 5.88 Å². The predicted molar refractivity (Wildman–Crippen MR) is 101 cm³/mol. The Morgan fingerprint density at radius 3 is 2.64 bits per heavy atom. The highest BCUT2D eigenvalue weighted by atomic mass is 16.5. The minimum absolute atomic E-state index is 0.0232. The fraction of sp³-hybridized carbons (Fsp3) is 0.476. The van der Waals surface area contributed by atoms with Gasteiger partial charge in [-0.15, -0.1) is 0 Å². The maximum atomic E-state index is 9.05. The van der Waals surface area contributed by atoms with Crippen molar-refractivity contribution in [2.45, 2.75) is 40.0 Å². The summed E-state index contributed by atoms with van der Waals surface area (Å²) in [6.07, 6.45) is 0.913. The highest BCUT2D eigenvalue weighted by Crippen LogP contribution is 2.30. The van der Waals surface area contributed by atoms with Crippen molar-refractivity contribution < 1.29 is 14.6 Å². The summed E-state index contributed by atoms with van der Waals surface area (Å²) in [5, 5.41) is 9.05. The molecule has 1 N–H and O–H groups in total. The largest absolute Gasteiger partial charge is 0.475 e. The first-order valence-corrected chi connectivity index (χ1v) is 8.96. The monoisotopic (exact) mass is 343 g/mol. The van der Waals surface area contributed by atoms with Crippen LogP contribution in [0.1, 0.15) is 43.0 Å². The molecule has 0 aliphatic heterocycles. The highest BCUT2D eigenvalue weighted by molar-refractivity contribution is 5.69. The molecular formula is C21H29NO3. The highest BCUT2D eigenvalue weighted by Gasteiger charge is 2.13. The molecule has 1 heterocycles. The number of benzene rings is 1. The fourth-order valence-electron chi connectivity index (χ4n) is 2.76. The van der Waals surface area contributed by atoms with Gasteiger partial charge in [0.15, 0.2) is 0 Å². The van der Waals surface area contributed by atoms with Crippen LogP contribution in [0.2, 0.25) is 0 Å². The Bertz CT molecular complexity index is 685. The second-order valence-corrected chi connectivity index (χ2v) is 6.40. The SMILES string of the molecule is CCOCCC(C)c1cc(-c2cc(C)ccc2C)cc(OCCO)n1. The molecule has 1 aromatic heterocycles. The molecule has 0 aliphatic carbocycles. The number of nitrogens with zero attached hydrogens (tertiary/aromatic N) is 1. The normalized spacial score (nSPS) is 12.2. The lowest BCUT2D eigenvalue weighted by Crippen LogP contribution is -2.07. The van der Waals surface area contributed by atoms with Crippen LogP contribution in [0.3, 0.4) is 0 Å². The summed E-state index contributed by atoms with van der Waals surface area (Å²) in [4.78, 5) is 4.64.